The molecule has 0 spiro atoms. The summed E-state index contributed by atoms with van der Waals surface area (Å²) in [5.74, 6) is -0.0428. The summed E-state index contributed by atoms with van der Waals surface area (Å²) in [5, 5.41) is 0. The molecule has 0 saturated heterocycles. The highest BCUT2D eigenvalue weighted by Crippen LogP contribution is 2.38. The van der Waals surface area contributed by atoms with Gasteiger partial charge in [0.1, 0.15) is 0 Å². The molecule has 0 bridgehead atoms. The topological polar surface area (TPSA) is 51.5 Å². The first-order valence-electron chi connectivity index (χ1n) is 11.8. The van der Waals surface area contributed by atoms with Crippen molar-refractivity contribution in [1.29, 1.82) is 0 Å². The van der Waals surface area contributed by atoms with Gasteiger partial charge in [-0.3, -0.25) is 9.36 Å². The number of hydrogen-bond donors (Lipinski definition) is 0. The number of amides is 1. The SMILES string of the molecule is CN(Cc1cc(C(F)(F)F)cc(C(F)(F)F)c1)C(=O)Oc1c(-c2ccccc2)c2c(c(=O)n1C)CCCC2. The highest BCUT2D eigenvalue weighted by Gasteiger charge is 2.37. The molecule has 1 heterocycles. The van der Waals surface area contributed by atoms with Gasteiger partial charge in [0.05, 0.1) is 11.1 Å². The average Bonchev–Trinajstić information content (AvgIpc) is 2.86. The summed E-state index contributed by atoms with van der Waals surface area (Å²) in [6.45, 7) is -0.592. The summed E-state index contributed by atoms with van der Waals surface area (Å²) < 4.78 is 86.3. The predicted molar refractivity (Wildman–Crippen MR) is 128 cm³/mol. The Kier molecular flexibility index (Phi) is 7.31. The van der Waals surface area contributed by atoms with Gasteiger partial charge in [-0.15, -0.1) is 0 Å². The van der Waals surface area contributed by atoms with Crippen LogP contribution in [0, 0.1) is 0 Å². The van der Waals surface area contributed by atoms with Gasteiger partial charge in [-0.05, 0) is 60.6 Å². The van der Waals surface area contributed by atoms with Crippen LogP contribution in [0.4, 0.5) is 31.1 Å². The third kappa shape index (κ3) is 5.56. The van der Waals surface area contributed by atoms with Crippen LogP contribution in [0.1, 0.15) is 40.7 Å². The van der Waals surface area contributed by atoms with E-state index in [2.05, 4.69) is 0 Å². The van der Waals surface area contributed by atoms with Gasteiger partial charge >= 0.3 is 18.4 Å². The molecule has 3 aromatic rings. The first-order valence-corrected chi connectivity index (χ1v) is 11.8. The van der Waals surface area contributed by atoms with Gasteiger partial charge in [0.15, 0.2) is 0 Å². The van der Waals surface area contributed by atoms with Crippen molar-refractivity contribution in [2.24, 2.45) is 7.05 Å². The van der Waals surface area contributed by atoms with Gasteiger partial charge in [0, 0.05) is 31.8 Å². The quantitative estimate of drug-likeness (QED) is 0.352. The summed E-state index contributed by atoms with van der Waals surface area (Å²) >= 11 is 0. The minimum absolute atomic E-state index is 0.0247. The Morgan fingerprint density at radius 3 is 2.03 bits per heavy atom. The number of carbonyl (C=O) groups excluding carboxylic acids is 1. The van der Waals surface area contributed by atoms with E-state index in [1.54, 1.807) is 24.3 Å². The van der Waals surface area contributed by atoms with Crippen LogP contribution in [-0.4, -0.2) is 22.6 Å². The van der Waals surface area contributed by atoms with Crippen molar-refractivity contribution in [3.8, 4) is 17.0 Å². The molecule has 202 valence electrons. The highest BCUT2D eigenvalue weighted by molar-refractivity contribution is 5.78. The van der Waals surface area contributed by atoms with E-state index in [0.717, 1.165) is 23.3 Å². The summed E-state index contributed by atoms with van der Waals surface area (Å²) in [6, 6.07) is 10.1. The van der Waals surface area contributed by atoms with E-state index < -0.39 is 36.1 Å². The van der Waals surface area contributed by atoms with E-state index >= 15 is 0 Å². The molecule has 1 aliphatic carbocycles. The fourth-order valence-electron chi connectivity index (χ4n) is 4.64. The number of pyridine rings is 1. The standard InChI is InChI=1S/C27H24F6N2O3/c1-34(15-16-12-18(26(28,29)30)14-19(13-16)27(31,32)33)25(37)38-24-22(17-8-4-3-5-9-17)20-10-6-7-11-21(20)23(36)35(24)2/h3-5,8-9,12-14H,6-7,10-11,15H2,1-2H3. The Morgan fingerprint density at radius 2 is 1.47 bits per heavy atom. The van der Waals surface area contributed by atoms with Crippen molar-refractivity contribution in [3.63, 3.8) is 0 Å². The zero-order valence-corrected chi connectivity index (χ0v) is 20.5. The lowest BCUT2D eigenvalue weighted by atomic mass is 9.87. The molecule has 11 heteroatoms. The lowest BCUT2D eigenvalue weighted by Crippen LogP contribution is -2.33. The average molecular weight is 538 g/mol. The van der Waals surface area contributed by atoms with Crippen molar-refractivity contribution < 1.29 is 35.9 Å². The largest absolute Gasteiger partial charge is 0.416 e. The minimum Gasteiger partial charge on any atom is -0.392 e. The summed E-state index contributed by atoms with van der Waals surface area (Å²) in [6.07, 6.45) is -8.21. The molecule has 1 amide bonds. The summed E-state index contributed by atoms with van der Waals surface area (Å²) in [7, 11) is 2.64. The number of rotatable bonds is 4. The third-order valence-corrected chi connectivity index (χ3v) is 6.48. The van der Waals surface area contributed by atoms with E-state index in [0.29, 0.717) is 41.7 Å². The second-order valence-corrected chi connectivity index (χ2v) is 9.21. The fraction of sp³-hybridized carbons (Fsp3) is 0.333. The van der Waals surface area contributed by atoms with Crippen LogP contribution in [-0.2, 0) is 38.8 Å². The molecule has 0 atom stereocenters. The number of alkyl halides is 6. The van der Waals surface area contributed by atoms with E-state index in [4.69, 9.17) is 4.74 Å². The van der Waals surface area contributed by atoms with Gasteiger partial charge < -0.3 is 9.64 Å². The number of fused-ring (bicyclic) bond motifs is 1. The summed E-state index contributed by atoms with van der Waals surface area (Å²) in [4.78, 5) is 27.0. The van der Waals surface area contributed by atoms with Crippen molar-refractivity contribution in [3.05, 3.63) is 86.7 Å². The van der Waals surface area contributed by atoms with E-state index in [1.165, 1.54) is 18.7 Å². The van der Waals surface area contributed by atoms with E-state index in [-0.39, 0.29) is 23.1 Å². The van der Waals surface area contributed by atoms with E-state index in [9.17, 15) is 35.9 Å². The molecule has 0 unspecified atom stereocenters. The Morgan fingerprint density at radius 1 is 0.921 bits per heavy atom. The molecule has 0 radical (unpaired) electrons. The third-order valence-electron chi connectivity index (χ3n) is 6.48. The van der Waals surface area contributed by atoms with Crippen LogP contribution in [0.3, 0.4) is 0 Å². The zero-order valence-electron chi connectivity index (χ0n) is 20.5. The molecule has 0 fully saturated rings. The number of benzene rings is 2. The molecule has 38 heavy (non-hydrogen) atoms. The van der Waals surface area contributed by atoms with Crippen LogP contribution in [0.25, 0.3) is 11.1 Å². The lowest BCUT2D eigenvalue weighted by Gasteiger charge is -2.25. The number of halogens is 6. The highest BCUT2D eigenvalue weighted by atomic mass is 19.4. The van der Waals surface area contributed by atoms with Crippen molar-refractivity contribution in [2.75, 3.05) is 7.05 Å². The smallest absolute Gasteiger partial charge is 0.392 e. The number of nitrogens with zero attached hydrogens (tertiary/aromatic N) is 2. The fourth-order valence-corrected chi connectivity index (χ4v) is 4.64. The van der Waals surface area contributed by atoms with Crippen LogP contribution >= 0.6 is 0 Å². The number of ether oxygens (including phenoxy) is 1. The van der Waals surface area contributed by atoms with E-state index in [1.807, 2.05) is 6.07 Å². The number of aromatic nitrogens is 1. The maximum absolute atomic E-state index is 13.2. The van der Waals surface area contributed by atoms with Gasteiger partial charge in [-0.2, -0.15) is 26.3 Å². The van der Waals surface area contributed by atoms with Gasteiger partial charge in [-0.25, -0.2) is 4.79 Å². The first-order chi connectivity index (χ1) is 17.8. The molecular weight excluding hydrogens is 514 g/mol. The van der Waals surface area contributed by atoms with Gasteiger partial charge in [-0.1, -0.05) is 30.3 Å². The molecule has 4 rings (SSSR count). The molecule has 0 saturated carbocycles. The van der Waals surface area contributed by atoms with Gasteiger partial charge in [0.2, 0.25) is 5.88 Å². The number of hydrogen-bond acceptors (Lipinski definition) is 3. The molecule has 1 aromatic heterocycles. The van der Waals surface area contributed by atoms with Crippen LogP contribution < -0.4 is 10.3 Å². The predicted octanol–water partition coefficient (Wildman–Crippen LogP) is 6.60. The second kappa shape index (κ2) is 10.2. The Balaban J connectivity index is 1.70. The van der Waals surface area contributed by atoms with Crippen LogP contribution in [0.2, 0.25) is 0 Å². The normalized spacial score (nSPS) is 13.7. The monoisotopic (exact) mass is 538 g/mol. The van der Waals surface area contributed by atoms with Crippen molar-refractivity contribution in [2.45, 2.75) is 44.6 Å². The Labute approximate surface area is 214 Å². The second-order valence-electron chi connectivity index (χ2n) is 9.21. The van der Waals surface area contributed by atoms with Gasteiger partial charge in [0.25, 0.3) is 5.56 Å². The van der Waals surface area contributed by atoms with Crippen LogP contribution in [0.15, 0.2) is 53.3 Å². The zero-order chi connectivity index (χ0) is 27.8. The Hall–Kier alpha value is -3.76. The molecule has 5 nitrogen and oxygen atoms in total. The lowest BCUT2D eigenvalue weighted by molar-refractivity contribution is -0.143. The van der Waals surface area contributed by atoms with Crippen molar-refractivity contribution >= 4 is 6.09 Å². The molecule has 2 aromatic carbocycles. The Bertz CT molecular complexity index is 1380. The van der Waals surface area contributed by atoms with Crippen LogP contribution in [0.5, 0.6) is 5.88 Å². The first kappa shape index (κ1) is 27.3. The maximum Gasteiger partial charge on any atom is 0.416 e. The molecule has 1 aliphatic rings. The molecule has 0 aliphatic heterocycles. The summed E-state index contributed by atoms with van der Waals surface area (Å²) in [5.41, 5.74) is -0.994. The maximum atomic E-state index is 13.2. The molecular formula is C27H24F6N2O3. The number of carbonyl (C=O) groups is 1. The van der Waals surface area contributed by atoms with Crippen molar-refractivity contribution in [1.82, 2.24) is 9.47 Å². The minimum atomic E-state index is -5.01. The molecule has 0 N–H and O–H groups in total.